The van der Waals surface area contributed by atoms with Crippen LogP contribution >= 0.6 is 12.4 Å². The molecular formula is C18H29ClN2O2. The van der Waals surface area contributed by atoms with Gasteiger partial charge in [0.2, 0.25) is 0 Å². The molecule has 1 unspecified atom stereocenters. The summed E-state index contributed by atoms with van der Waals surface area (Å²) in [6.45, 7) is 8.71. The van der Waals surface area contributed by atoms with E-state index in [9.17, 15) is 4.79 Å². The molecule has 23 heavy (non-hydrogen) atoms. The third kappa shape index (κ3) is 5.20. The summed E-state index contributed by atoms with van der Waals surface area (Å²) in [4.78, 5) is 12.3. The summed E-state index contributed by atoms with van der Waals surface area (Å²) in [6, 6.07) is 7.88. The van der Waals surface area contributed by atoms with Crippen LogP contribution in [-0.2, 0) is 10.2 Å². The highest BCUT2D eigenvalue weighted by Gasteiger charge is 2.33. The van der Waals surface area contributed by atoms with Crippen molar-refractivity contribution in [3.63, 3.8) is 0 Å². The number of rotatable bonds is 5. The van der Waals surface area contributed by atoms with Gasteiger partial charge in [-0.3, -0.25) is 4.79 Å². The van der Waals surface area contributed by atoms with Gasteiger partial charge in [-0.25, -0.2) is 0 Å². The summed E-state index contributed by atoms with van der Waals surface area (Å²) in [5.41, 5.74) is 1.93. The molecule has 1 amide bonds. The van der Waals surface area contributed by atoms with Crippen molar-refractivity contribution in [1.82, 2.24) is 10.6 Å². The molecule has 0 radical (unpaired) electrons. The van der Waals surface area contributed by atoms with Crippen LogP contribution in [0.4, 0.5) is 0 Å². The van der Waals surface area contributed by atoms with Crippen LogP contribution in [0.15, 0.2) is 24.3 Å². The fraction of sp³-hybridized carbons (Fsp3) is 0.611. The maximum Gasteiger partial charge on any atom is 0.251 e. The Morgan fingerprint density at radius 2 is 1.96 bits per heavy atom. The number of amides is 1. The highest BCUT2D eigenvalue weighted by molar-refractivity contribution is 5.94. The number of carbonyl (C=O) groups excluding carboxylic acids is 1. The molecule has 4 nitrogen and oxygen atoms in total. The average molecular weight is 341 g/mol. The normalized spacial score (nSPS) is 20.9. The topological polar surface area (TPSA) is 50.4 Å². The van der Waals surface area contributed by atoms with Gasteiger partial charge in [0.15, 0.2) is 0 Å². The lowest BCUT2D eigenvalue weighted by Gasteiger charge is -2.29. The van der Waals surface area contributed by atoms with Gasteiger partial charge in [0.05, 0.1) is 12.1 Å². The van der Waals surface area contributed by atoms with Crippen LogP contribution in [0.3, 0.4) is 0 Å². The monoisotopic (exact) mass is 340 g/mol. The summed E-state index contributed by atoms with van der Waals surface area (Å²) in [6.07, 6.45) is 2.16. The van der Waals surface area contributed by atoms with Gasteiger partial charge in [-0.05, 0) is 42.5 Å². The van der Waals surface area contributed by atoms with Gasteiger partial charge in [-0.15, -0.1) is 12.4 Å². The van der Waals surface area contributed by atoms with Crippen molar-refractivity contribution in [3.05, 3.63) is 35.4 Å². The van der Waals surface area contributed by atoms with E-state index in [1.54, 1.807) is 7.11 Å². The molecular weight excluding hydrogens is 312 g/mol. The second-order valence-corrected chi connectivity index (χ2v) is 7.25. The summed E-state index contributed by atoms with van der Waals surface area (Å²) in [7, 11) is 1.70. The molecule has 1 atom stereocenters. The Morgan fingerprint density at radius 3 is 2.43 bits per heavy atom. The van der Waals surface area contributed by atoms with E-state index in [0.717, 1.165) is 19.4 Å². The molecule has 1 aliphatic rings. The Bertz CT molecular complexity index is 503. The second kappa shape index (κ2) is 8.13. The van der Waals surface area contributed by atoms with Gasteiger partial charge in [0.1, 0.15) is 0 Å². The van der Waals surface area contributed by atoms with Crippen LogP contribution in [0.1, 0.15) is 49.5 Å². The first-order valence-electron chi connectivity index (χ1n) is 7.99. The molecule has 1 aliphatic heterocycles. The van der Waals surface area contributed by atoms with Crippen molar-refractivity contribution in [3.8, 4) is 0 Å². The molecule has 0 aromatic heterocycles. The van der Waals surface area contributed by atoms with Gasteiger partial charge >= 0.3 is 0 Å². The van der Waals surface area contributed by atoms with Gasteiger partial charge in [-0.2, -0.15) is 0 Å². The Balaban J connectivity index is 0.00000264. The molecule has 2 rings (SSSR count). The van der Waals surface area contributed by atoms with E-state index in [1.165, 1.54) is 5.56 Å². The maximum absolute atomic E-state index is 12.3. The zero-order valence-corrected chi connectivity index (χ0v) is 15.4. The van der Waals surface area contributed by atoms with Crippen molar-refractivity contribution in [1.29, 1.82) is 0 Å². The SMILES string of the molecule is COCC1(CNC(=O)c2ccc(C(C)(C)C)cc2)CCCN1.Cl. The van der Waals surface area contributed by atoms with Crippen molar-refractivity contribution in [2.24, 2.45) is 0 Å². The molecule has 1 aromatic rings. The van der Waals surface area contributed by atoms with E-state index in [-0.39, 0.29) is 29.3 Å². The first-order chi connectivity index (χ1) is 10.4. The van der Waals surface area contributed by atoms with Crippen LogP contribution < -0.4 is 10.6 Å². The number of ether oxygens (including phenoxy) is 1. The number of halogens is 1. The van der Waals surface area contributed by atoms with Crippen LogP contribution in [0, 0.1) is 0 Å². The average Bonchev–Trinajstić information content (AvgIpc) is 2.93. The summed E-state index contributed by atoms with van der Waals surface area (Å²) in [5, 5.41) is 6.51. The maximum atomic E-state index is 12.3. The van der Waals surface area contributed by atoms with Crippen LogP contribution in [-0.4, -0.2) is 38.3 Å². The first kappa shape index (κ1) is 19.9. The minimum Gasteiger partial charge on any atom is -0.383 e. The molecule has 2 N–H and O–H groups in total. The summed E-state index contributed by atoms with van der Waals surface area (Å²) in [5.74, 6) is -0.0235. The molecule has 1 aromatic carbocycles. The number of hydrogen-bond acceptors (Lipinski definition) is 3. The van der Waals surface area contributed by atoms with Crippen LogP contribution in [0.2, 0.25) is 0 Å². The van der Waals surface area contributed by atoms with E-state index >= 15 is 0 Å². The molecule has 1 heterocycles. The van der Waals surface area contributed by atoms with E-state index in [2.05, 4.69) is 31.4 Å². The predicted octanol–water partition coefficient (Wildman–Crippen LogP) is 2.90. The zero-order chi connectivity index (χ0) is 16.2. The van der Waals surface area contributed by atoms with Crippen molar-refractivity contribution in [2.45, 2.75) is 44.6 Å². The van der Waals surface area contributed by atoms with E-state index in [4.69, 9.17) is 4.74 Å². The van der Waals surface area contributed by atoms with Crippen molar-refractivity contribution < 1.29 is 9.53 Å². The van der Waals surface area contributed by atoms with Gasteiger partial charge in [0.25, 0.3) is 5.91 Å². The standard InChI is InChI=1S/C18H28N2O2.ClH/c1-17(2,3)15-8-6-14(7-9-15)16(21)19-12-18(13-22-4)10-5-11-20-18;/h6-9,20H,5,10-13H2,1-4H3,(H,19,21);1H. The van der Waals surface area contributed by atoms with Gasteiger partial charge in [0, 0.05) is 19.2 Å². The second-order valence-electron chi connectivity index (χ2n) is 7.25. The van der Waals surface area contributed by atoms with E-state index in [1.807, 2.05) is 24.3 Å². The zero-order valence-electron chi connectivity index (χ0n) is 14.6. The van der Waals surface area contributed by atoms with Crippen molar-refractivity contribution >= 4 is 18.3 Å². The minimum atomic E-state index is -0.115. The Labute approximate surface area is 145 Å². The van der Waals surface area contributed by atoms with E-state index < -0.39 is 0 Å². The fourth-order valence-corrected chi connectivity index (χ4v) is 2.94. The van der Waals surface area contributed by atoms with E-state index in [0.29, 0.717) is 18.7 Å². The number of hydrogen-bond donors (Lipinski definition) is 2. The molecule has 5 heteroatoms. The lowest BCUT2D eigenvalue weighted by Crippen LogP contribution is -2.53. The summed E-state index contributed by atoms with van der Waals surface area (Å²) >= 11 is 0. The third-order valence-corrected chi connectivity index (χ3v) is 4.35. The fourth-order valence-electron chi connectivity index (χ4n) is 2.94. The first-order valence-corrected chi connectivity index (χ1v) is 7.99. The molecule has 130 valence electrons. The number of carbonyl (C=O) groups is 1. The molecule has 1 saturated heterocycles. The molecule has 0 bridgehead atoms. The highest BCUT2D eigenvalue weighted by Crippen LogP contribution is 2.22. The number of benzene rings is 1. The van der Waals surface area contributed by atoms with Gasteiger partial charge < -0.3 is 15.4 Å². The Hall–Kier alpha value is -1.10. The van der Waals surface area contributed by atoms with Crippen LogP contribution in [0.25, 0.3) is 0 Å². The predicted molar refractivity (Wildman–Crippen MR) is 96.6 cm³/mol. The number of nitrogens with one attached hydrogen (secondary N) is 2. The minimum absolute atomic E-state index is 0. The summed E-state index contributed by atoms with van der Waals surface area (Å²) < 4.78 is 5.31. The molecule has 1 fully saturated rings. The molecule has 0 saturated carbocycles. The lowest BCUT2D eigenvalue weighted by atomic mass is 9.86. The molecule has 0 aliphatic carbocycles. The quantitative estimate of drug-likeness (QED) is 0.866. The Morgan fingerprint density at radius 1 is 1.30 bits per heavy atom. The largest absolute Gasteiger partial charge is 0.383 e. The van der Waals surface area contributed by atoms with Crippen LogP contribution in [0.5, 0.6) is 0 Å². The smallest absolute Gasteiger partial charge is 0.251 e. The molecule has 0 spiro atoms. The lowest BCUT2D eigenvalue weighted by molar-refractivity contribution is 0.0892. The number of methoxy groups -OCH3 is 1. The van der Waals surface area contributed by atoms with Crippen molar-refractivity contribution in [2.75, 3.05) is 26.8 Å². The third-order valence-electron chi connectivity index (χ3n) is 4.35. The van der Waals surface area contributed by atoms with Gasteiger partial charge in [-0.1, -0.05) is 32.9 Å². The Kier molecular flexibility index (Phi) is 7.05. The highest BCUT2D eigenvalue weighted by atomic mass is 35.5.